The lowest BCUT2D eigenvalue weighted by molar-refractivity contribution is 0.0756. The average Bonchev–Trinajstić information content (AvgIpc) is 2.84. The van der Waals surface area contributed by atoms with Crippen molar-refractivity contribution in [2.24, 2.45) is 0 Å². The Bertz CT molecular complexity index is 822. The smallest absolute Gasteiger partial charge is 0.161 e. The highest BCUT2D eigenvalue weighted by Crippen LogP contribution is 2.29. The quantitative estimate of drug-likeness (QED) is 0.453. The van der Waals surface area contributed by atoms with Gasteiger partial charge in [0.2, 0.25) is 0 Å². The molecule has 8 heteroatoms. The van der Waals surface area contributed by atoms with Gasteiger partial charge < -0.3 is 23.3 Å². The summed E-state index contributed by atoms with van der Waals surface area (Å²) in [4.78, 5) is 4.91. The third-order valence-corrected chi connectivity index (χ3v) is 6.48. The van der Waals surface area contributed by atoms with Crippen LogP contribution in [0.1, 0.15) is 5.56 Å². The fraction of sp³-hybridized carbons (Fsp3) is 0.478. The summed E-state index contributed by atoms with van der Waals surface area (Å²) in [6, 6.07) is 14.6. The maximum absolute atomic E-state index is 5.85. The van der Waals surface area contributed by atoms with Gasteiger partial charge in [0.25, 0.3) is 0 Å². The number of nitrogens with zero attached hydrogens (tertiary/aromatic N) is 3. The molecule has 2 aliphatic heterocycles. The number of hydrogen-bond donors (Lipinski definition) is 0. The van der Waals surface area contributed by atoms with Crippen molar-refractivity contribution in [1.82, 2.24) is 9.21 Å². The molecule has 0 N–H and O–H groups in total. The van der Waals surface area contributed by atoms with Crippen LogP contribution >= 0.6 is 12.2 Å². The zero-order chi connectivity index (χ0) is 21.5. The molecule has 2 heterocycles. The molecule has 4 rings (SSSR count). The molecule has 2 aromatic carbocycles. The van der Waals surface area contributed by atoms with Gasteiger partial charge in [-0.1, -0.05) is 6.07 Å². The molecule has 7 nitrogen and oxygen atoms in total. The number of ether oxygens (including phenoxy) is 3. The van der Waals surface area contributed by atoms with E-state index in [2.05, 4.69) is 50.5 Å². The van der Waals surface area contributed by atoms with Gasteiger partial charge in [0.1, 0.15) is 18.0 Å². The Kier molecular flexibility index (Phi) is 7.80. The van der Waals surface area contributed by atoms with Crippen LogP contribution in [0.3, 0.4) is 0 Å². The lowest BCUT2D eigenvalue weighted by atomic mass is 10.1. The predicted octanol–water partition coefficient (Wildman–Crippen LogP) is 3.30. The van der Waals surface area contributed by atoms with Crippen molar-refractivity contribution in [1.29, 1.82) is 0 Å². The molecule has 2 aromatic rings. The minimum absolute atomic E-state index is 0.770. The summed E-state index contributed by atoms with van der Waals surface area (Å²) >= 11 is 1.41. The number of piperazine rings is 1. The van der Waals surface area contributed by atoms with Gasteiger partial charge in [-0.05, 0) is 42.0 Å². The summed E-state index contributed by atoms with van der Waals surface area (Å²) in [5, 5.41) is 0. The molecule has 168 valence electrons. The Morgan fingerprint density at radius 2 is 1.55 bits per heavy atom. The Hall–Kier alpha value is -2.13. The number of hydrogen-bond acceptors (Lipinski definition) is 8. The van der Waals surface area contributed by atoms with Crippen LogP contribution in [0, 0.1) is 0 Å². The van der Waals surface area contributed by atoms with E-state index in [4.69, 9.17) is 18.4 Å². The zero-order valence-corrected chi connectivity index (χ0v) is 19.1. The van der Waals surface area contributed by atoms with Gasteiger partial charge >= 0.3 is 0 Å². The Labute approximate surface area is 189 Å². The number of benzene rings is 2. The summed E-state index contributed by atoms with van der Waals surface area (Å²) in [6.07, 6.45) is 0. The van der Waals surface area contributed by atoms with Gasteiger partial charge in [-0.15, -0.1) is 0 Å². The molecule has 0 amide bonds. The minimum Gasteiger partial charge on any atom is -0.493 e. The first-order chi connectivity index (χ1) is 15.2. The predicted molar refractivity (Wildman–Crippen MR) is 124 cm³/mol. The van der Waals surface area contributed by atoms with Gasteiger partial charge in [-0.2, -0.15) is 0 Å². The van der Waals surface area contributed by atoms with E-state index >= 15 is 0 Å². The second-order valence-corrected chi connectivity index (χ2v) is 8.48. The van der Waals surface area contributed by atoms with Crippen LogP contribution in [-0.4, -0.2) is 75.9 Å². The molecule has 31 heavy (non-hydrogen) atoms. The van der Waals surface area contributed by atoms with E-state index in [1.807, 2.05) is 6.07 Å². The first kappa shape index (κ1) is 22.1. The molecule has 2 saturated heterocycles. The second kappa shape index (κ2) is 10.9. The highest BCUT2D eigenvalue weighted by Gasteiger charge is 2.18. The van der Waals surface area contributed by atoms with E-state index in [-0.39, 0.29) is 0 Å². The van der Waals surface area contributed by atoms with E-state index in [1.165, 1.54) is 23.5 Å². The molecule has 0 saturated carbocycles. The van der Waals surface area contributed by atoms with Gasteiger partial charge in [0.05, 0.1) is 27.4 Å². The number of rotatable bonds is 8. The normalized spacial score (nSPS) is 18.1. The molecule has 0 unspecified atom stereocenters. The first-order valence-electron chi connectivity index (χ1n) is 10.7. The highest BCUT2D eigenvalue weighted by molar-refractivity contribution is 7.92. The Balaban J connectivity index is 1.24. The average molecular weight is 446 g/mol. The molecule has 0 atom stereocenters. The van der Waals surface area contributed by atoms with Crippen molar-refractivity contribution in [3.8, 4) is 17.2 Å². The monoisotopic (exact) mass is 445 g/mol. The largest absolute Gasteiger partial charge is 0.493 e. The van der Waals surface area contributed by atoms with Crippen LogP contribution in [0.5, 0.6) is 17.2 Å². The standard InChI is InChI=1S/C23H31N3O4S/c1-27-22-8-3-19(17-23(22)28-2)18-24-9-11-25(12-10-24)20-4-6-21(7-5-20)30-31-26-13-15-29-16-14-26/h3-8,17H,9-16,18H2,1-2H3. The lowest BCUT2D eigenvalue weighted by Crippen LogP contribution is -2.45. The van der Waals surface area contributed by atoms with Crippen molar-refractivity contribution < 1.29 is 18.4 Å². The third kappa shape index (κ3) is 5.98. The van der Waals surface area contributed by atoms with Crippen molar-refractivity contribution in [3.05, 3.63) is 48.0 Å². The van der Waals surface area contributed by atoms with Crippen LogP contribution in [0.15, 0.2) is 42.5 Å². The molecule has 0 radical (unpaired) electrons. The highest BCUT2D eigenvalue weighted by atomic mass is 32.2. The van der Waals surface area contributed by atoms with Crippen LogP contribution in [0.25, 0.3) is 0 Å². The maximum atomic E-state index is 5.85. The van der Waals surface area contributed by atoms with Crippen molar-refractivity contribution >= 4 is 17.9 Å². The summed E-state index contributed by atoms with van der Waals surface area (Å²) in [6.45, 7) is 8.33. The number of anilines is 1. The first-order valence-corrected chi connectivity index (χ1v) is 11.4. The molecular weight excluding hydrogens is 414 g/mol. The van der Waals surface area contributed by atoms with E-state index in [0.717, 1.165) is 76.3 Å². The van der Waals surface area contributed by atoms with E-state index in [1.54, 1.807) is 14.2 Å². The van der Waals surface area contributed by atoms with Gasteiger partial charge in [0.15, 0.2) is 11.5 Å². The van der Waals surface area contributed by atoms with Crippen LogP contribution in [0.2, 0.25) is 0 Å². The minimum atomic E-state index is 0.770. The van der Waals surface area contributed by atoms with Gasteiger partial charge in [0, 0.05) is 51.5 Å². The molecule has 2 fully saturated rings. The molecule has 0 spiro atoms. The SMILES string of the molecule is COc1ccc(CN2CCN(c3ccc(OSN4CCOCC4)cc3)CC2)cc1OC. The van der Waals surface area contributed by atoms with Crippen LogP contribution in [-0.2, 0) is 11.3 Å². The summed E-state index contributed by atoms with van der Waals surface area (Å²) in [5.41, 5.74) is 2.49. The lowest BCUT2D eigenvalue weighted by Gasteiger charge is -2.36. The van der Waals surface area contributed by atoms with Gasteiger partial charge in [-0.25, -0.2) is 4.31 Å². The summed E-state index contributed by atoms with van der Waals surface area (Å²) < 4.78 is 24.2. The number of morpholine rings is 1. The Morgan fingerprint density at radius 3 is 2.23 bits per heavy atom. The third-order valence-electron chi connectivity index (χ3n) is 5.64. The molecule has 0 aliphatic carbocycles. The van der Waals surface area contributed by atoms with Crippen LogP contribution in [0.4, 0.5) is 5.69 Å². The fourth-order valence-corrected chi connectivity index (χ4v) is 4.43. The molecule has 2 aliphatic rings. The molecular formula is C23H31N3O4S. The zero-order valence-electron chi connectivity index (χ0n) is 18.3. The molecule has 0 bridgehead atoms. The summed E-state index contributed by atoms with van der Waals surface area (Å²) in [5.74, 6) is 2.44. The Morgan fingerprint density at radius 1 is 0.839 bits per heavy atom. The van der Waals surface area contributed by atoms with E-state index < -0.39 is 0 Å². The van der Waals surface area contributed by atoms with Crippen molar-refractivity contribution in [2.45, 2.75) is 6.54 Å². The maximum Gasteiger partial charge on any atom is 0.161 e. The summed E-state index contributed by atoms with van der Waals surface area (Å²) in [7, 11) is 3.34. The van der Waals surface area contributed by atoms with Crippen molar-refractivity contribution in [2.75, 3.05) is 71.6 Å². The number of methoxy groups -OCH3 is 2. The van der Waals surface area contributed by atoms with E-state index in [0.29, 0.717) is 0 Å². The molecule has 0 aromatic heterocycles. The fourth-order valence-electron chi connectivity index (χ4n) is 3.83. The second-order valence-electron chi connectivity index (χ2n) is 7.65. The van der Waals surface area contributed by atoms with Crippen LogP contribution < -0.4 is 18.6 Å². The van der Waals surface area contributed by atoms with Gasteiger partial charge in [-0.3, -0.25) is 4.90 Å². The van der Waals surface area contributed by atoms with E-state index in [9.17, 15) is 0 Å². The topological polar surface area (TPSA) is 46.6 Å². The van der Waals surface area contributed by atoms with Crippen molar-refractivity contribution in [3.63, 3.8) is 0 Å².